The highest BCUT2D eigenvalue weighted by atomic mass is 16.5. The number of nitrogens with zero attached hydrogens (tertiary/aromatic N) is 1. The number of para-hydroxylation sites is 2. The molecule has 1 amide bonds. The van der Waals surface area contributed by atoms with Crippen molar-refractivity contribution in [3.8, 4) is 11.5 Å². The summed E-state index contributed by atoms with van der Waals surface area (Å²) < 4.78 is 16.5. The first-order valence-electron chi connectivity index (χ1n) is 8.77. The Morgan fingerprint density at radius 1 is 1.14 bits per heavy atom. The first-order chi connectivity index (χ1) is 14.1. The monoisotopic (exact) mass is 391 g/mol. The largest absolute Gasteiger partial charge is 0.493 e. The molecule has 0 saturated heterocycles. The maximum Gasteiger partial charge on any atom is 0.291 e. The normalized spacial score (nSPS) is 10.7. The lowest BCUT2D eigenvalue weighted by molar-refractivity contribution is 0.0992. The number of benzene rings is 2. The van der Waals surface area contributed by atoms with Crippen molar-refractivity contribution in [1.29, 1.82) is 0 Å². The van der Waals surface area contributed by atoms with Gasteiger partial charge in [-0.3, -0.25) is 9.59 Å². The van der Waals surface area contributed by atoms with Crippen molar-refractivity contribution in [2.75, 3.05) is 12.4 Å². The fourth-order valence-electron chi connectivity index (χ4n) is 2.80. The van der Waals surface area contributed by atoms with Crippen molar-refractivity contribution in [3.05, 3.63) is 82.8 Å². The molecular formula is C21H17N3O5. The first kappa shape index (κ1) is 18.3. The molecule has 0 radical (unpaired) electrons. The van der Waals surface area contributed by atoms with E-state index in [1.54, 1.807) is 49.6 Å². The molecule has 4 rings (SSSR count). The van der Waals surface area contributed by atoms with Crippen LogP contribution in [0, 0.1) is 0 Å². The molecule has 29 heavy (non-hydrogen) atoms. The molecule has 0 unspecified atom stereocenters. The van der Waals surface area contributed by atoms with E-state index in [1.807, 2.05) is 12.1 Å². The molecule has 2 aromatic heterocycles. The number of fused-ring (bicyclic) bond motifs is 1. The molecule has 4 aromatic rings. The van der Waals surface area contributed by atoms with Gasteiger partial charge in [-0.25, -0.2) is 4.98 Å². The molecule has 146 valence electrons. The molecule has 2 heterocycles. The lowest BCUT2D eigenvalue weighted by atomic mass is 10.2. The Morgan fingerprint density at radius 3 is 2.79 bits per heavy atom. The molecule has 0 aliphatic carbocycles. The van der Waals surface area contributed by atoms with E-state index in [-0.39, 0.29) is 17.9 Å². The molecular weight excluding hydrogens is 374 g/mol. The fourth-order valence-corrected chi connectivity index (χ4v) is 2.80. The number of hydrogen-bond donors (Lipinski definition) is 2. The molecule has 0 aliphatic rings. The quantitative estimate of drug-likeness (QED) is 0.522. The molecule has 0 fully saturated rings. The predicted octanol–water partition coefficient (Wildman–Crippen LogP) is 3.36. The van der Waals surface area contributed by atoms with E-state index in [0.29, 0.717) is 33.8 Å². The number of aromatic amines is 1. The second kappa shape index (κ2) is 7.89. The number of hydrogen-bond acceptors (Lipinski definition) is 6. The highest BCUT2D eigenvalue weighted by molar-refractivity contribution is 6.03. The van der Waals surface area contributed by atoms with Gasteiger partial charge in [0, 0.05) is 5.69 Å². The van der Waals surface area contributed by atoms with Crippen molar-refractivity contribution in [1.82, 2.24) is 9.97 Å². The average molecular weight is 391 g/mol. The van der Waals surface area contributed by atoms with Crippen LogP contribution in [0.4, 0.5) is 5.69 Å². The van der Waals surface area contributed by atoms with Gasteiger partial charge in [-0.1, -0.05) is 12.1 Å². The summed E-state index contributed by atoms with van der Waals surface area (Å²) in [5.74, 6) is 1.36. The summed E-state index contributed by atoms with van der Waals surface area (Å²) in [5, 5.41) is 3.09. The molecule has 2 aromatic carbocycles. The van der Waals surface area contributed by atoms with E-state index in [1.165, 1.54) is 6.33 Å². The molecule has 8 heteroatoms. The maximum atomic E-state index is 12.5. The van der Waals surface area contributed by atoms with Crippen LogP contribution in [0.25, 0.3) is 10.9 Å². The smallest absolute Gasteiger partial charge is 0.291 e. The zero-order chi connectivity index (χ0) is 20.2. The minimum atomic E-state index is -0.437. The van der Waals surface area contributed by atoms with Gasteiger partial charge in [0.1, 0.15) is 12.4 Å². The Balaban J connectivity index is 1.44. The van der Waals surface area contributed by atoms with E-state index in [4.69, 9.17) is 13.9 Å². The number of nitrogens with one attached hydrogen (secondary N) is 2. The summed E-state index contributed by atoms with van der Waals surface area (Å²) in [5.41, 5.74) is 0.726. The van der Waals surface area contributed by atoms with Gasteiger partial charge in [0.05, 0.1) is 24.3 Å². The van der Waals surface area contributed by atoms with Gasteiger partial charge >= 0.3 is 0 Å². The van der Waals surface area contributed by atoms with Crippen LogP contribution in [0.5, 0.6) is 11.5 Å². The van der Waals surface area contributed by atoms with Crippen LogP contribution in [0.15, 0.2) is 70.1 Å². The lowest BCUT2D eigenvalue weighted by Gasteiger charge is -2.08. The van der Waals surface area contributed by atoms with Crippen molar-refractivity contribution in [2.24, 2.45) is 0 Å². The van der Waals surface area contributed by atoms with Gasteiger partial charge < -0.3 is 24.2 Å². The third-order valence-corrected chi connectivity index (χ3v) is 4.22. The standard InChI is InChI=1S/C21H17N3O5/c1-27-17-4-2-3-5-18(17)28-11-14-7-9-19(29-14)21(26)24-13-6-8-16-15(10-13)20(25)23-12-22-16/h2-10,12H,11H2,1H3,(H,24,26)(H,22,23,25). The summed E-state index contributed by atoms with van der Waals surface area (Å²) in [6.07, 6.45) is 1.33. The van der Waals surface area contributed by atoms with Crippen LogP contribution in [0.2, 0.25) is 0 Å². The minimum absolute atomic E-state index is 0.129. The van der Waals surface area contributed by atoms with Gasteiger partial charge in [-0.2, -0.15) is 0 Å². The molecule has 0 saturated carbocycles. The zero-order valence-electron chi connectivity index (χ0n) is 15.5. The number of aromatic nitrogens is 2. The van der Waals surface area contributed by atoms with E-state index >= 15 is 0 Å². The molecule has 2 N–H and O–H groups in total. The second-order valence-electron chi connectivity index (χ2n) is 6.12. The third kappa shape index (κ3) is 3.96. The Hall–Kier alpha value is -4.07. The van der Waals surface area contributed by atoms with Crippen molar-refractivity contribution in [2.45, 2.75) is 6.61 Å². The SMILES string of the molecule is COc1ccccc1OCc1ccc(C(=O)Nc2ccc3nc[nH]c(=O)c3c2)o1. The lowest BCUT2D eigenvalue weighted by Crippen LogP contribution is -2.12. The number of anilines is 1. The first-order valence-corrected chi connectivity index (χ1v) is 8.77. The maximum absolute atomic E-state index is 12.5. The van der Waals surface area contributed by atoms with Crippen LogP contribution in [0.3, 0.4) is 0 Å². The van der Waals surface area contributed by atoms with Crippen molar-refractivity contribution in [3.63, 3.8) is 0 Å². The third-order valence-electron chi connectivity index (χ3n) is 4.22. The van der Waals surface area contributed by atoms with Crippen LogP contribution < -0.4 is 20.3 Å². The van der Waals surface area contributed by atoms with E-state index in [9.17, 15) is 9.59 Å². The Labute approximate surface area is 165 Å². The second-order valence-corrected chi connectivity index (χ2v) is 6.12. The molecule has 0 spiro atoms. The number of ether oxygens (including phenoxy) is 2. The molecule has 0 aliphatic heterocycles. The van der Waals surface area contributed by atoms with Gasteiger partial charge in [0.25, 0.3) is 11.5 Å². The van der Waals surface area contributed by atoms with Gasteiger partial charge in [0.15, 0.2) is 17.3 Å². The van der Waals surface area contributed by atoms with E-state index < -0.39 is 5.91 Å². The number of methoxy groups -OCH3 is 1. The molecule has 0 bridgehead atoms. The molecule has 8 nitrogen and oxygen atoms in total. The van der Waals surface area contributed by atoms with Crippen molar-refractivity contribution >= 4 is 22.5 Å². The minimum Gasteiger partial charge on any atom is -0.493 e. The van der Waals surface area contributed by atoms with Gasteiger partial charge in [-0.05, 0) is 42.5 Å². The predicted molar refractivity (Wildman–Crippen MR) is 106 cm³/mol. The topological polar surface area (TPSA) is 106 Å². The number of furan rings is 1. The summed E-state index contributed by atoms with van der Waals surface area (Å²) in [4.78, 5) is 30.9. The van der Waals surface area contributed by atoms with Crippen LogP contribution >= 0.6 is 0 Å². The van der Waals surface area contributed by atoms with E-state index in [0.717, 1.165) is 0 Å². The Morgan fingerprint density at radius 2 is 1.97 bits per heavy atom. The van der Waals surface area contributed by atoms with E-state index in [2.05, 4.69) is 15.3 Å². The van der Waals surface area contributed by atoms with Gasteiger partial charge in [0.2, 0.25) is 0 Å². The van der Waals surface area contributed by atoms with Gasteiger partial charge in [-0.15, -0.1) is 0 Å². The summed E-state index contributed by atoms with van der Waals surface area (Å²) in [6.45, 7) is 0.144. The van der Waals surface area contributed by atoms with Crippen LogP contribution in [-0.2, 0) is 6.61 Å². The number of amides is 1. The number of rotatable bonds is 6. The van der Waals surface area contributed by atoms with Crippen LogP contribution in [0.1, 0.15) is 16.3 Å². The van der Waals surface area contributed by atoms with Crippen molar-refractivity contribution < 1.29 is 18.7 Å². The summed E-state index contributed by atoms with van der Waals surface area (Å²) >= 11 is 0. The molecule has 0 atom stereocenters. The highest BCUT2D eigenvalue weighted by Crippen LogP contribution is 2.27. The Bertz CT molecular complexity index is 1230. The number of carbonyl (C=O) groups is 1. The number of carbonyl (C=O) groups excluding carboxylic acids is 1. The average Bonchev–Trinajstić information content (AvgIpc) is 3.22. The van der Waals surface area contributed by atoms with Crippen LogP contribution in [-0.4, -0.2) is 23.0 Å². The summed E-state index contributed by atoms with van der Waals surface area (Å²) in [7, 11) is 1.56. The summed E-state index contributed by atoms with van der Waals surface area (Å²) in [6, 6.07) is 15.4. The Kier molecular flexibility index (Phi) is 4.98. The fraction of sp³-hybridized carbons (Fsp3) is 0.0952. The highest BCUT2D eigenvalue weighted by Gasteiger charge is 2.13. The number of H-pyrrole nitrogens is 1. The zero-order valence-corrected chi connectivity index (χ0v) is 15.5.